The number of ketones is 2. The van der Waals surface area contributed by atoms with Gasteiger partial charge in [0.25, 0.3) is 0 Å². The van der Waals surface area contributed by atoms with Gasteiger partial charge >= 0.3 is 0 Å². The van der Waals surface area contributed by atoms with Crippen LogP contribution >= 0.6 is 0 Å². The van der Waals surface area contributed by atoms with Crippen LogP contribution in [0.3, 0.4) is 0 Å². The van der Waals surface area contributed by atoms with Crippen molar-refractivity contribution in [1.82, 2.24) is 0 Å². The summed E-state index contributed by atoms with van der Waals surface area (Å²) in [6.45, 7) is 10.6. The second-order valence-electron chi connectivity index (χ2n) is 7.56. The summed E-state index contributed by atoms with van der Waals surface area (Å²) >= 11 is 0. The van der Waals surface area contributed by atoms with Crippen molar-refractivity contribution in [3.63, 3.8) is 0 Å². The van der Waals surface area contributed by atoms with Crippen LogP contribution in [0.25, 0.3) is 0 Å². The zero-order chi connectivity index (χ0) is 16.9. The second-order valence-corrected chi connectivity index (χ2v) is 7.56. The van der Waals surface area contributed by atoms with Crippen LogP contribution in [0.5, 0.6) is 0 Å². The Kier molecular flexibility index (Phi) is 3.51. The first kappa shape index (κ1) is 15.7. The summed E-state index contributed by atoms with van der Waals surface area (Å²) in [5.74, 6) is 0.230. The van der Waals surface area contributed by atoms with E-state index in [9.17, 15) is 9.59 Å². The Balaban J connectivity index is 2.40. The molecule has 0 unspecified atom stereocenters. The monoisotopic (exact) mass is 306 g/mol. The van der Waals surface area contributed by atoms with Gasteiger partial charge in [-0.3, -0.25) is 9.59 Å². The van der Waals surface area contributed by atoms with Gasteiger partial charge in [-0.25, -0.2) is 0 Å². The molecule has 0 fully saturated rings. The van der Waals surface area contributed by atoms with Gasteiger partial charge in [0.15, 0.2) is 11.6 Å². The summed E-state index contributed by atoms with van der Waals surface area (Å²) in [7, 11) is 0. The highest BCUT2D eigenvalue weighted by Gasteiger charge is 2.35. The van der Waals surface area contributed by atoms with E-state index in [4.69, 9.17) is 0 Å². The summed E-state index contributed by atoms with van der Waals surface area (Å²) in [5, 5.41) is 0. The Labute approximate surface area is 137 Å². The maximum Gasteiger partial charge on any atom is 0.194 e. The van der Waals surface area contributed by atoms with E-state index in [-0.39, 0.29) is 17.0 Å². The summed E-state index contributed by atoms with van der Waals surface area (Å²) < 4.78 is 0. The van der Waals surface area contributed by atoms with Gasteiger partial charge in [0.1, 0.15) is 0 Å². The van der Waals surface area contributed by atoms with Crippen molar-refractivity contribution in [2.24, 2.45) is 0 Å². The molecule has 1 aliphatic rings. The Hall–Kier alpha value is -2.22. The second kappa shape index (κ2) is 5.16. The van der Waals surface area contributed by atoms with E-state index in [1.54, 1.807) is 12.1 Å². The molecule has 0 amide bonds. The van der Waals surface area contributed by atoms with Crippen LogP contribution in [-0.4, -0.2) is 11.6 Å². The minimum Gasteiger partial charge on any atom is -0.289 e. The van der Waals surface area contributed by atoms with Crippen LogP contribution in [0.4, 0.5) is 0 Å². The van der Waals surface area contributed by atoms with Crippen LogP contribution in [0, 0.1) is 0 Å². The molecular weight excluding hydrogens is 284 g/mol. The zero-order valence-corrected chi connectivity index (χ0v) is 14.4. The fraction of sp³-hybridized carbons (Fsp3) is 0.333. The number of carbonyl (C=O) groups excluding carboxylic acids is 2. The first-order valence-electron chi connectivity index (χ1n) is 8.09. The Morgan fingerprint density at radius 1 is 0.783 bits per heavy atom. The minimum atomic E-state index is -0.201. The number of carbonyl (C=O) groups is 2. The molecule has 3 rings (SSSR count). The minimum absolute atomic E-state index is 0.0253. The lowest BCUT2D eigenvalue weighted by molar-refractivity contribution is 0.0977. The molecular formula is C21H22O2. The number of fused-ring (bicyclic) bond motifs is 2. The van der Waals surface area contributed by atoms with E-state index < -0.39 is 0 Å². The van der Waals surface area contributed by atoms with Gasteiger partial charge in [0, 0.05) is 22.3 Å². The molecule has 0 saturated heterocycles. The zero-order valence-electron chi connectivity index (χ0n) is 14.4. The average Bonchev–Trinajstić information content (AvgIpc) is 2.50. The normalized spacial score (nSPS) is 14.0. The quantitative estimate of drug-likeness (QED) is 0.642. The molecule has 2 nitrogen and oxygen atoms in total. The molecule has 0 aliphatic heterocycles. The highest BCUT2D eigenvalue weighted by Crippen LogP contribution is 2.39. The van der Waals surface area contributed by atoms with Gasteiger partial charge in [0.2, 0.25) is 0 Å². The molecule has 118 valence electrons. The highest BCUT2D eigenvalue weighted by molar-refractivity contribution is 6.29. The van der Waals surface area contributed by atoms with Crippen LogP contribution in [0.15, 0.2) is 36.4 Å². The molecule has 0 saturated carbocycles. The van der Waals surface area contributed by atoms with E-state index >= 15 is 0 Å². The van der Waals surface area contributed by atoms with E-state index in [0.717, 1.165) is 11.1 Å². The molecule has 0 atom stereocenters. The fourth-order valence-corrected chi connectivity index (χ4v) is 3.49. The van der Waals surface area contributed by atoms with Crippen molar-refractivity contribution in [1.29, 1.82) is 0 Å². The highest BCUT2D eigenvalue weighted by atomic mass is 16.1. The van der Waals surface area contributed by atoms with Gasteiger partial charge in [-0.2, -0.15) is 0 Å². The molecule has 0 N–H and O–H groups in total. The molecule has 0 spiro atoms. The molecule has 1 aliphatic carbocycles. The van der Waals surface area contributed by atoms with Crippen LogP contribution in [-0.2, 0) is 5.41 Å². The summed E-state index contributed by atoms with van der Waals surface area (Å²) in [4.78, 5) is 26.0. The third-order valence-corrected chi connectivity index (χ3v) is 4.50. The van der Waals surface area contributed by atoms with E-state index in [1.165, 1.54) is 0 Å². The van der Waals surface area contributed by atoms with E-state index in [1.807, 2.05) is 24.3 Å². The average molecular weight is 306 g/mol. The number of rotatable bonds is 1. The third kappa shape index (κ3) is 2.33. The van der Waals surface area contributed by atoms with Crippen molar-refractivity contribution >= 4 is 11.6 Å². The Morgan fingerprint density at radius 3 is 1.87 bits per heavy atom. The molecule has 0 radical (unpaired) electrons. The lowest BCUT2D eigenvalue weighted by Gasteiger charge is -2.31. The first-order valence-corrected chi connectivity index (χ1v) is 8.09. The van der Waals surface area contributed by atoms with Crippen molar-refractivity contribution in [2.75, 3.05) is 0 Å². The van der Waals surface area contributed by atoms with Gasteiger partial charge < -0.3 is 0 Å². The lowest BCUT2D eigenvalue weighted by atomic mass is 9.71. The SMILES string of the molecule is CC(C)c1ccc2c(c1C(C)(C)C)C(=O)c1ccccc1C2=O. The van der Waals surface area contributed by atoms with Crippen molar-refractivity contribution < 1.29 is 9.59 Å². The number of benzene rings is 2. The Morgan fingerprint density at radius 2 is 1.35 bits per heavy atom. The smallest absolute Gasteiger partial charge is 0.194 e. The van der Waals surface area contributed by atoms with Gasteiger partial charge in [-0.15, -0.1) is 0 Å². The maximum atomic E-state index is 13.1. The summed E-state index contributed by atoms with van der Waals surface area (Å²) in [5.41, 5.74) is 4.15. The van der Waals surface area contributed by atoms with Crippen LogP contribution in [0.2, 0.25) is 0 Å². The van der Waals surface area contributed by atoms with Gasteiger partial charge in [-0.05, 0) is 28.5 Å². The predicted molar refractivity (Wildman–Crippen MR) is 92.5 cm³/mol. The van der Waals surface area contributed by atoms with E-state index in [2.05, 4.69) is 34.6 Å². The third-order valence-electron chi connectivity index (χ3n) is 4.50. The molecule has 2 heteroatoms. The Bertz CT molecular complexity index is 820. The fourth-order valence-electron chi connectivity index (χ4n) is 3.49. The molecule has 0 aromatic heterocycles. The van der Waals surface area contributed by atoms with Gasteiger partial charge in [-0.1, -0.05) is 65.0 Å². The van der Waals surface area contributed by atoms with Gasteiger partial charge in [0.05, 0.1) is 0 Å². The van der Waals surface area contributed by atoms with Crippen LogP contribution in [0.1, 0.15) is 83.5 Å². The molecule has 0 bridgehead atoms. The van der Waals surface area contributed by atoms with Crippen molar-refractivity contribution in [2.45, 2.75) is 46.0 Å². The largest absolute Gasteiger partial charge is 0.289 e. The molecule has 2 aromatic carbocycles. The molecule has 23 heavy (non-hydrogen) atoms. The number of hydrogen-bond acceptors (Lipinski definition) is 2. The van der Waals surface area contributed by atoms with Crippen LogP contribution < -0.4 is 0 Å². The number of hydrogen-bond donors (Lipinski definition) is 0. The molecule has 2 aromatic rings. The predicted octanol–water partition coefficient (Wildman–Crippen LogP) is 4.88. The topological polar surface area (TPSA) is 34.1 Å². The van der Waals surface area contributed by atoms with E-state index in [0.29, 0.717) is 28.2 Å². The molecule has 0 heterocycles. The van der Waals surface area contributed by atoms with Crippen molar-refractivity contribution in [3.05, 3.63) is 69.8 Å². The summed E-state index contributed by atoms with van der Waals surface area (Å²) in [6, 6.07) is 11.0. The standard InChI is InChI=1S/C21H22O2/c1-12(2)13-10-11-16-17(18(13)21(3,4)5)20(23)15-9-7-6-8-14(15)19(16)22/h6-12H,1-5H3. The first-order chi connectivity index (χ1) is 10.7. The lowest BCUT2D eigenvalue weighted by Crippen LogP contribution is -2.28. The van der Waals surface area contributed by atoms with Crippen molar-refractivity contribution in [3.8, 4) is 0 Å². The summed E-state index contributed by atoms with van der Waals surface area (Å²) in [6.07, 6.45) is 0. The maximum absolute atomic E-state index is 13.1.